The number of carbonyl (C=O) groups is 2. The van der Waals surface area contributed by atoms with E-state index in [0.29, 0.717) is 12.6 Å². The molecule has 20 heavy (non-hydrogen) atoms. The number of nitrogens with zero attached hydrogens (tertiary/aromatic N) is 1. The normalized spacial score (nSPS) is 26.6. The van der Waals surface area contributed by atoms with Gasteiger partial charge in [-0.15, -0.1) is 0 Å². The number of Topliss-reactive ketones (excluding diaryl/α,β-unsaturated/α-hetero) is 1. The molecule has 1 saturated carbocycles. The zero-order chi connectivity index (χ0) is 14.5. The maximum atomic E-state index is 12.2. The van der Waals surface area contributed by atoms with Crippen molar-refractivity contribution in [3.05, 3.63) is 0 Å². The lowest BCUT2D eigenvalue weighted by Gasteiger charge is -2.38. The molecular formula is C15H26N2O3. The Morgan fingerprint density at radius 1 is 1.30 bits per heavy atom. The Morgan fingerprint density at radius 2 is 2.05 bits per heavy atom. The van der Waals surface area contributed by atoms with Gasteiger partial charge in [-0.3, -0.25) is 9.59 Å². The van der Waals surface area contributed by atoms with Gasteiger partial charge in [-0.05, 0) is 39.5 Å². The van der Waals surface area contributed by atoms with Crippen molar-refractivity contribution < 1.29 is 14.3 Å². The van der Waals surface area contributed by atoms with Gasteiger partial charge in [0.2, 0.25) is 5.91 Å². The Balaban J connectivity index is 1.68. The molecule has 2 atom stereocenters. The fraction of sp³-hybridized carbons (Fsp3) is 0.867. The van der Waals surface area contributed by atoms with Crippen LogP contribution in [0.25, 0.3) is 0 Å². The highest BCUT2D eigenvalue weighted by atomic mass is 16.5. The molecule has 1 amide bonds. The number of amides is 1. The van der Waals surface area contributed by atoms with Gasteiger partial charge in [0.05, 0.1) is 6.61 Å². The van der Waals surface area contributed by atoms with Gasteiger partial charge in [-0.2, -0.15) is 0 Å². The number of piperidine rings is 1. The van der Waals surface area contributed by atoms with E-state index in [1.54, 1.807) is 6.92 Å². The van der Waals surface area contributed by atoms with Gasteiger partial charge in [-0.25, -0.2) is 0 Å². The van der Waals surface area contributed by atoms with Crippen molar-refractivity contribution in [3.63, 3.8) is 0 Å². The lowest BCUT2D eigenvalue weighted by molar-refractivity contribution is -0.142. The van der Waals surface area contributed by atoms with Crippen molar-refractivity contribution in [2.45, 2.75) is 51.6 Å². The highest BCUT2D eigenvalue weighted by molar-refractivity contribution is 5.82. The summed E-state index contributed by atoms with van der Waals surface area (Å²) in [5, 5.41) is 3.35. The Labute approximate surface area is 121 Å². The van der Waals surface area contributed by atoms with Gasteiger partial charge in [0.1, 0.15) is 12.4 Å². The molecule has 1 saturated heterocycles. The third-order valence-corrected chi connectivity index (χ3v) is 4.31. The van der Waals surface area contributed by atoms with E-state index >= 15 is 0 Å². The molecule has 0 radical (unpaired) electrons. The van der Waals surface area contributed by atoms with Crippen LogP contribution in [-0.2, 0) is 14.3 Å². The Morgan fingerprint density at radius 3 is 2.70 bits per heavy atom. The standard InChI is InChI=1S/C15H26N2O3/c1-11-14(12(2)18)4-3-8-17(11)15(19)10-20-9-7-16-13-5-6-13/h11,13-14,16H,3-10H2,1-2H3. The first kappa shape index (κ1) is 15.4. The van der Waals surface area contributed by atoms with E-state index in [4.69, 9.17) is 4.74 Å². The van der Waals surface area contributed by atoms with Crippen molar-refractivity contribution in [2.75, 3.05) is 26.3 Å². The van der Waals surface area contributed by atoms with Crippen molar-refractivity contribution in [2.24, 2.45) is 5.92 Å². The topological polar surface area (TPSA) is 58.6 Å². The van der Waals surface area contributed by atoms with Crippen LogP contribution in [0, 0.1) is 5.92 Å². The Kier molecular flexibility index (Phi) is 5.54. The summed E-state index contributed by atoms with van der Waals surface area (Å²) in [5.41, 5.74) is 0. The van der Waals surface area contributed by atoms with Crippen LogP contribution in [0.1, 0.15) is 39.5 Å². The number of ketones is 1. The van der Waals surface area contributed by atoms with Crippen molar-refractivity contribution in [3.8, 4) is 0 Å². The molecule has 0 aromatic rings. The van der Waals surface area contributed by atoms with Crippen molar-refractivity contribution in [1.29, 1.82) is 0 Å². The summed E-state index contributed by atoms with van der Waals surface area (Å²) in [6, 6.07) is 0.676. The second kappa shape index (κ2) is 7.18. The Bertz CT molecular complexity index is 355. The van der Waals surface area contributed by atoms with E-state index in [9.17, 15) is 9.59 Å². The van der Waals surface area contributed by atoms with E-state index in [0.717, 1.165) is 25.9 Å². The predicted molar refractivity (Wildman–Crippen MR) is 76.4 cm³/mol. The molecule has 2 fully saturated rings. The molecule has 0 aromatic carbocycles. The number of carbonyl (C=O) groups excluding carboxylic acids is 2. The summed E-state index contributed by atoms with van der Waals surface area (Å²) < 4.78 is 5.43. The quantitative estimate of drug-likeness (QED) is 0.707. The molecule has 1 aliphatic carbocycles. The summed E-state index contributed by atoms with van der Waals surface area (Å²) in [4.78, 5) is 25.5. The largest absolute Gasteiger partial charge is 0.370 e. The van der Waals surface area contributed by atoms with E-state index in [2.05, 4.69) is 5.32 Å². The molecule has 114 valence electrons. The minimum absolute atomic E-state index is 0.00180. The molecule has 5 nitrogen and oxygen atoms in total. The number of hydrogen-bond donors (Lipinski definition) is 1. The fourth-order valence-corrected chi connectivity index (χ4v) is 2.90. The second-order valence-corrected chi connectivity index (χ2v) is 5.97. The molecular weight excluding hydrogens is 256 g/mol. The smallest absolute Gasteiger partial charge is 0.248 e. The molecule has 1 aliphatic heterocycles. The molecule has 2 rings (SSSR count). The lowest BCUT2D eigenvalue weighted by Crippen LogP contribution is -2.50. The molecule has 2 unspecified atom stereocenters. The summed E-state index contributed by atoms with van der Waals surface area (Å²) in [7, 11) is 0. The summed E-state index contributed by atoms with van der Waals surface area (Å²) >= 11 is 0. The predicted octanol–water partition coefficient (Wildman–Crippen LogP) is 0.971. The molecule has 1 heterocycles. The van der Waals surface area contributed by atoms with Gasteiger partial charge >= 0.3 is 0 Å². The van der Waals surface area contributed by atoms with Crippen molar-refractivity contribution >= 4 is 11.7 Å². The van der Waals surface area contributed by atoms with E-state index in [1.165, 1.54) is 12.8 Å². The number of likely N-dealkylation sites (tertiary alicyclic amines) is 1. The third kappa shape index (κ3) is 4.28. The van der Waals surface area contributed by atoms with Gasteiger partial charge < -0.3 is 15.0 Å². The van der Waals surface area contributed by atoms with Crippen LogP contribution in [-0.4, -0.2) is 55.0 Å². The zero-order valence-electron chi connectivity index (χ0n) is 12.6. The van der Waals surface area contributed by atoms with Gasteiger partial charge in [-0.1, -0.05) is 0 Å². The molecule has 0 aromatic heterocycles. The second-order valence-electron chi connectivity index (χ2n) is 5.97. The molecule has 2 aliphatic rings. The van der Waals surface area contributed by atoms with Crippen LogP contribution in [0.3, 0.4) is 0 Å². The van der Waals surface area contributed by atoms with Crippen LogP contribution < -0.4 is 5.32 Å². The summed E-state index contributed by atoms with van der Waals surface area (Å²) in [6.45, 7) is 5.84. The molecule has 0 spiro atoms. The van der Waals surface area contributed by atoms with Crippen molar-refractivity contribution in [1.82, 2.24) is 10.2 Å². The van der Waals surface area contributed by atoms with Gasteiger partial charge in [0, 0.05) is 31.1 Å². The maximum Gasteiger partial charge on any atom is 0.248 e. The van der Waals surface area contributed by atoms with E-state index in [-0.39, 0.29) is 30.3 Å². The van der Waals surface area contributed by atoms with E-state index in [1.807, 2.05) is 11.8 Å². The zero-order valence-corrected chi connectivity index (χ0v) is 12.6. The van der Waals surface area contributed by atoms with Crippen LogP contribution in [0.15, 0.2) is 0 Å². The number of nitrogens with one attached hydrogen (secondary N) is 1. The molecule has 1 N–H and O–H groups in total. The minimum atomic E-state index is -0.00997. The monoisotopic (exact) mass is 282 g/mol. The number of rotatable bonds is 7. The van der Waals surface area contributed by atoms with Gasteiger partial charge in [0.25, 0.3) is 0 Å². The summed E-state index contributed by atoms with van der Waals surface area (Å²) in [5.74, 6) is 0.184. The third-order valence-electron chi connectivity index (χ3n) is 4.31. The average molecular weight is 282 g/mol. The van der Waals surface area contributed by atoms with E-state index < -0.39 is 0 Å². The SMILES string of the molecule is CC(=O)C1CCCN(C(=O)COCCNC2CC2)C1C. The number of hydrogen-bond acceptors (Lipinski definition) is 4. The molecule has 5 heteroatoms. The number of ether oxygens (including phenoxy) is 1. The van der Waals surface area contributed by atoms with Crippen LogP contribution in [0.4, 0.5) is 0 Å². The first-order valence-electron chi connectivity index (χ1n) is 7.70. The van der Waals surface area contributed by atoms with Crippen LogP contribution >= 0.6 is 0 Å². The highest BCUT2D eigenvalue weighted by Crippen LogP contribution is 2.24. The first-order valence-corrected chi connectivity index (χ1v) is 7.70. The Hall–Kier alpha value is -0.940. The summed E-state index contributed by atoms with van der Waals surface area (Å²) in [6.07, 6.45) is 4.32. The lowest BCUT2D eigenvalue weighted by atomic mass is 9.87. The fourth-order valence-electron chi connectivity index (χ4n) is 2.90. The minimum Gasteiger partial charge on any atom is -0.370 e. The average Bonchev–Trinajstić information content (AvgIpc) is 3.22. The van der Waals surface area contributed by atoms with Gasteiger partial charge in [0.15, 0.2) is 0 Å². The molecule has 0 bridgehead atoms. The highest BCUT2D eigenvalue weighted by Gasteiger charge is 2.33. The first-order chi connectivity index (χ1) is 9.59. The maximum absolute atomic E-state index is 12.2. The van der Waals surface area contributed by atoms with Crippen LogP contribution in [0.2, 0.25) is 0 Å². The van der Waals surface area contributed by atoms with Crippen LogP contribution in [0.5, 0.6) is 0 Å².